The molecule has 2 aromatic carbocycles. The molecule has 0 radical (unpaired) electrons. The van der Waals surface area contributed by atoms with Gasteiger partial charge in [0.15, 0.2) is 6.10 Å². The Hall–Kier alpha value is -1.85. The first-order valence-corrected chi connectivity index (χ1v) is 6.55. The molecule has 0 aliphatic heterocycles. The molecule has 5 heteroatoms. The highest BCUT2D eigenvalue weighted by Gasteiger charge is 2.43. The number of halogens is 3. The Morgan fingerprint density at radius 3 is 1.95 bits per heavy atom. The van der Waals surface area contributed by atoms with E-state index in [1.54, 1.807) is 30.3 Å². The first-order chi connectivity index (χ1) is 9.98. The number of alkyl halides is 3. The lowest BCUT2D eigenvalue weighted by Crippen LogP contribution is -2.41. The van der Waals surface area contributed by atoms with Crippen molar-refractivity contribution in [3.05, 3.63) is 71.8 Å². The number of benzene rings is 2. The second kappa shape index (κ2) is 6.74. The van der Waals surface area contributed by atoms with Gasteiger partial charge >= 0.3 is 6.18 Å². The molecule has 2 N–H and O–H groups in total. The van der Waals surface area contributed by atoms with E-state index in [1.165, 1.54) is 0 Å². The second-order valence-electron chi connectivity index (χ2n) is 4.74. The van der Waals surface area contributed by atoms with Gasteiger partial charge in [0.2, 0.25) is 0 Å². The fourth-order valence-corrected chi connectivity index (χ4v) is 2.08. The molecule has 0 amide bonds. The van der Waals surface area contributed by atoms with Crippen molar-refractivity contribution in [2.24, 2.45) is 0 Å². The normalized spacial score (nSPS) is 14.7. The van der Waals surface area contributed by atoms with Crippen molar-refractivity contribution in [1.82, 2.24) is 5.32 Å². The van der Waals surface area contributed by atoms with E-state index in [2.05, 4.69) is 5.32 Å². The topological polar surface area (TPSA) is 32.3 Å². The maximum Gasteiger partial charge on any atom is 0.416 e. The minimum Gasteiger partial charge on any atom is -0.382 e. The first-order valence-electron chi connectivity index (χ1n) is 6.55. The molecule has 21 heavy (non-hydrogen) atoms. The Bertz CT molecular complexity index is 542. The number of aliphatic hydroxyl groups excluding tert-OH is 1. The second-order valence-corrected chi connectivity index (χ2v) is 4.74. The highest BCUT2D eigenvalue weighted by Crippen LogP contribution is 2.30. The summed E-state index contributed by atoms with van der Waals surface area (Å²) in [7, 11) is 0. The molecule has 2 atom stereocenters. The molecular formula is C16H16F3NO. The Labute approximate surface area is 121 Å². The van der Waals surface area contributed by atoms with Crippen molar-refractivity contribution in [3.63, 3.8) is 0 Å². The van der Waals surface area contributed by atoms with Crippen LogP contribution in [0, 0.1) is 0 Å². The molecule has 0 spiro atoms. The molecule has 0 aliphatic carbocycles. The predicted octanol–water partition coefficient (Wildman–Crippen LogP) is 3.44. The molecule has 2 aromatic rings. The van der Waals surface area contributed by atoms with Gasteiger partial charge in [-0.05, 0) is 11.1 Å². The summed E-state index contributed by atoms with van der Waals surface area (Å²) in [6, 6.07) is 16.0. The van der Waals surface area contributed by atoms with Crippen molar-refractivity contribution in [3.8, 4) is 0 Å². The van der Waals surface area contributed by atoms with Gasteiger partial charge in [0.1, 0.15) is 0 Å². The van der Waals surface area contributed by atoms with Gasteiger partial charge in [0, 0.05) is 6.54 Å². The van der Waals surface area contributed by atoms with Gasteiger partial charge in [-0.25, -0.2) is 0 Å². The molecule has 0 saturated carbocycles. The monoisotopic (exact) mass is 295 g/mol. The van der Waals surface area contributed by atoms with Crippen LogP contribution >= 0.6 is 0 Å². The molecule has 112 valence electrons. The standard InChI is InChI=1S/C16H16F3NO/c17-16(18,19)15(21)14(13-9-5-2-6-10-13)20-11-12-7-3-1-4-8-12/h1-10,14-15,20-21H,11H2/t14-,15+/m1/s1. The number of hydrogen-bond donors (Lipinski definition) is 2. The van der Waals surface area contributed by atoms with Crippen LogP contribution in [-0.4, -0.2) is 17.4 Å². The van der Waals surface area contributed by atoms with Gasteiger partial charge in [-0.15, -0.1) is 0 Å². The van der Waals surface area contributed by atoms with E-state index in [1.807, 2.05) is 30.3 Å². The summed E-state index contributed by atoms with van der Waals surface area (Å²) >= 11 is 0. The van der Waals surface area contributed by atoms with Gasteiger partial charge in [0.25, 0.3) is 0 Å². The summed E-state index contributed by atoms with van der Waals surface area (Å²) in [5.74, 6) is 0. The zero-order valence-electron chi connectivity index (χ0n) is 11.2. The van der Waals surface area contributed by atoms with Gasteiger partial charge in [-0.2, -0.15) is 13.2 Å². The molecular weight excluding hydrogens is 279 g/mol. The lowest BCUT2D eigenvalue weighted by Gasteiger charge is -2.26. The lowest BCUT2D eigenvalue weighted by molar-refractivity contribution is -0.213. The third-order valence-corrected chi connectivity index (χ3v) is 3.18. The minimum absolute atomic E-state index is 0.244. The lowest BCUT2D eigenvalue weighted by atomic mass is 10.0. The minimum atomic E-state index is -4.68. The summed E-state index contributed by atoms with van der Waals surface area (Å²) in [6.45, 7) is 0.244. The van der Waals surface area contributed by atoms with Crippen LogP contribution in [0.1, 0.15) is 17.2 Å². The average molecular weight is 295 g/mol. The molecule has 0 saturated heterocycles. The van der Waals surface area contributed by atoms with E-state index < -0.39 is 18.3 Å². The highest BCUT2D eigenvalue weighted by atomic mass is 19.4. The van der Waals surface area contributed by atoms with Crippen molar-refractivity contribution < 1.29 is 18.3 Å². The molecule has 2 rings (SSSR count). The Morgan fingerprint density at radius 1 is 0.905 bits per heavy atom. The number of hydrogen-bond acceptors (Lipinski definition) is 2. The third-order valence-electron chi connectivity index (χ3n) is 3.18. The van der Waals surface area contributed by atoms with Crippen molar-refractivity contribution in [2.75, 3.05) is 0 Å². The Kier molecular flexibility index (Phi) is 4.98. The molecule has 0 aliphatic rings. The maximum atomic E-state index is 12.8. The quantitative estimate of drug-likeness (QED) is 0.885. The SMILES string of the molecule is O[C@@H]([C@H](NCc1ccccc1)c1ccccc1)C(F)(F)F. The summed E-state index contributed by atoms with van der Waals surface area (Å²) < 4.78 is 38.5. The zero-order chi connectivity index (χ0) is 15.3. The van der Waals surface area contributed by atoms with Crippen LogP contribution in [0.4, 0.5) is 13.2 Å². The van der Waals surface area contributed by atoms with Gasteiger partial charge in [-0.1, -0.05) is 60.7 Å². The summed E-state index contributed by atoms with van der Waals surface area (Å²) in [4.78, 5) is 0. The Morgan fingerprint density at radius 2 is 1.43 bits per heavy atom. The number of nitrogens with one attached hydrogen (secondary N) is 1. The summed E-state index contributed by atoms with van der Waals surface area (Å²) in [5, 5.41) is 12.4. The van der Waals surface area contributed by atoms with E-state index in [0.717, 1.165) is 5.56 Å². The largest absolute Gasteiger partial charge is 0.416 e. The smallest absolute Gasteiger partial charge is 0.382 e. The zero-order valence-corrected chi connectivity index (χ0v) is 11.2. The number of rotatable bonds is 5. The van der Waals surface area contributed by atoms with E-state index in [0.29, 0.717) is 5.56 Å². The first kappa shape index (κ1) is 15.5. The predicted molar refractivity (Wildman–Crippen MR) is 74.5 cm³/mol. The van der Waals surface area contributed by atoms with Crippen LogP contribution in [0.15, 0.2) is 60.7 Å². The average Bonchev–Trinajstić information content (AvgIpc) is 2.48. The molecule has 0 aromatic heterocycles. The molecule has 0 fully saturated rings. The van der Waals surface area contributed by atoms with Crippen LogP contribution in [0.5, 0.6) is 0 Å². The summed E-state index contributed by atoms with van der Waals surface area (Å²) in [6.07, 6.45) is -7.13. The van der Waals surface area contributed by atoms with Crippen LogP contribution in [-0.2, 0) is 6.54 Å². The van der Waals surface area contributed by atoms with Crippen molar-refractivity contribution in [1.29, 1.82) is 0 Å². The van der Waals surface area contributed by atoms with E-state index in [9.17, 15) is 18.3 Å². The van der Waals surface area contributed by atoms with Gasteiger partial charge in [-0.3, -0.25) is 0 Å². The van der Waals surface area contributed by atoms with E-state index in [-0.39, 0.29) is 6.54 Å². The third kappa shape index (κ3) is 4.31. The Balaban J connectivity index is 2.17. The van der Waals surface area contributed by atoms with E-state index >= 15 is 0 Å². The van der Waals surface area contributed by atoms with Gasteiger partial charge in [0.05, 0.1) is 6.04 Å². The van der Waals surface area contributed by atoms with E-state index in [4.69, 9.17) is 0 Å². The molecule has 2 nitrogen and oxygen atoms in total. The van der Waals surface area contributed by atoms with Crippen molar-refractivity contribution in [2.45, 2.75) is 24.9 Å². The summed E-state index contributed by atoms with van der Waals surface area (Å²) in [5.41, 5.74) is 1.26. The molecule has 0 bridgehead atoms. The highest BCUT2D eigenvalue weighted by molar-refractivity contribution is 5.21. The molecule has 0 heterocycles. The fraction of sp³-hybridized carbons (Fsp3) is 0.250. The fourth-order valence-electron chi connectivity index (χ4n) is 2.08. The maximum absolute atomic E-state index is 12.8. The van der Waals surface area contributed by atoms with Crippen LogP contribution in [0.3, 0.4) is 0 Å². The van der Waals surface area contributed by atoms with Crippen LogP contribution in [0.25, 0.3) is 0 Å². The van der Waals surface area contributed by atoms with Crippen molar-refractivity contribution >= 4 is 0 Å². The van der Waals surface area contributed by atoms with Crippen LogP contribution < -0.4 is 5.32 Å². The number of aliphatic hydroxyl groups is 1. The van der Waals surface area contributed by atoms with Gasteiger partial charge < -0.3 is 10.4 Å². The molecule has 0 unspecified atom stereocenters. The van der Waals surface area contributed by atoms with Crippen LogP contribution in [0.2, 0.25) is 0 Å².